The Balaban J connectivity index is 2.48. The number of hydrogen-bond donors (Lipinski definition) is 0. The molecule has 0 aromatic carbocycles. The molecule has 1 rings (SSSR count). The van der Waals surface area contributed by atoms with Gasteiger partial charge in [0.2, 0.25) is 0 Å². The molecule has 0 aliphatic rings. The van der Waals surface area contributed by atoms with Crippen molar-refractivity contribution in [1.29, 1.82) is 0 Å². The highest BCUT2D eigenvalue weighted by Gasteiger charge is 1.98. The first kappa shape index (κ1) is 9.26. The van der Waals surface area contributed by atoms with E-state index in [0.717, 1.165) is 0 Å². The first-order valence-electron chi connectivity index (χ1n) is 3.79. The molecule has 0 atom stereocenters. The topological polar surface area (TPSA) is 35.0 Å². The first-order chi connectivity index (χ1) is 5.68. The quantitative estimate of drug-likeness (QED) is 0.726. The first-order valence-corrected chi connectivity index (χ1v) is 4.16. The molecule has 0 aliphatic carbocycles. The van der Waals surface area contributed by atoms with Gasteiger partial charge in [-0.2, -0.15) is 0 Å². The minimum atomic E-state index is 0.383. The molecule has 0 saturated heterocycles. The molecule has 1 aromatic rings. The van der Waals surface area contributed by atoms with Crippen molar-refractivity contribution in [3.05, 3.63) is 17.4 Å². The second kappa shape index (κ2) is 4.26. The molecule has 0 saturated carbocycles. The van der Waals surface area contributed by atoms with Crippen molar-refractivity contribution >= 4 is 11.6 Å². The third-order valence-corrected chi connectivity index (χ3v) is 1.34. The number of nitrogens with zero attached hydrogens (tertiary/aromatic N) is 2. The van der Waals surface area contributed by atoms with Crippen LogP contribution in [0.4, 0.5) is 0 Å². The van der Waals surface area contributed by atoms with Crippen LogP contribution in [0.25, 0.3) is 0 Å². The molecule has 4 heteroatoms. The van der Waals surface area contributed by atoms with Gasteiger partial charge in [-0.3, -0.25) is 0 Å². The van der Waals surface area contributed by atoms with Crippen LogP contribution in [0.5, 0.6) is 6.01 Å². The molecule has 0 fully saturated rings. The van der Waals surface area contributed by atoms with Crippen molar-refractivity contribution in [1.82, 2.24) is 9.97 Å². The van der Waals surface area contributed by atoms with E-state index in [1.54, 1.807) is 0 Å². The molecular weight excluding hydrogens is 176 g/mol. The van der Waals surface area contributed by atoms with Crippen molar-refractivity contribution < 1.29 is 4.74 Å². The fourth-order valence-electron chi connectivity index (χ4n) is 0.616. The minimum Gasteiger partial charge on any atom is -0.463 e. The van der Waals surface area contributed by atoms with Crippen LogP contribution in [0.3, 0.4) is 0 Å². The van der Waals surface area contributed by atoms with Crippen LogP contribution in [0.2, 0.25) is 5.02 Å². The van der Waals surface area contributed by atoms with Gasteiger partial charge in [-0.05, 0) is 5.92 Å². The summed E-state index contributed by atoms with van der Waals surface area (Å²) in [6.07, 6.45) is 3.04. The maximum Gasteiger partial charge on any atom is 0.316 e. The van der Waals surface area contributed by atoms with Gasteiger partial charge in [0.05, 0.1) is 24.0 Å². The van der Waals surface area contributed by atoms with Crippen molar-refractivity contribution in [2.75, 3.05) is 6.61 Å². The average Bonchev–Trinajstić information content (AvgIpc) is 2.03. The van der Waals surface area contributed by atoms with Crippen molar-refractivity contribution in [3.8, 4) is 6.01 Å². The summed E-state index contributed by atoms with van der Waals surface area (Å²) in [6, 6.07) is 0.383. The molecule has 0 spiro atoms. The zero-order valence-electron chi connectivity index (χ0n) is 7.12. The van der Waals surface area contributed by atoms with Crippen molar-refractivity contribution in [2.45, 2.75) is 13.8 Å². The van der Waals surface area contributed by atoms with Gasteiger partial charge >= 0.3 is 6.01 Å². The van der Waals surface area contributed by atoms with Gasteiger partial charge in [0.15, 0.2) is 0 Å². The van der Waals surface area contributed by atoms with Crippen LogP contribution in [0, 0.1) is 5.92 Å². The lowest BCUT2D eigenvalue weighted by Crippen LogP contribution is -2.06. The minimum absolute atomic E-state index is 0.383. The largest absolute Gasteiger partial charge is 0.463 e. The van der Waals surface area contributed by atoms with Gasteiger partial charge in [0.25, 0.3) is 0 Å². The average molecular weight is 187 g/mol. The number of hydrogen-bond acceptors (Lipinski definition) is 3. The number of rotatable bonds is 3. The Labute approximate surface area is 76.7 Å². The predicted molar refractivity (Wildman–Crippen MR) is 47.4 cm³/mol. The van der Waals surface area contributed by atoms with Gasteiger partial charge in [-0.25, -0.2) is 9.97 Å². The molecular formula is C8H11ClN2O. The lowest BCUT2D eigenvalue weighted by Gasteiger charge is -2.05. The number of halogens is 1. The second-order valence-electron chi connectivity index (χ2n) is 2.89. The Hall–Kier alpha value is -0.830. The van der Waals surface area contributed by atoms with E-state index in [0.29, 0.717) is 23.6 Å². The summed E-state index contributed by atoms with van der Waals surface area (Å²) in [6.45, 7) is 4.76. The number of aromatic nitrogens is 2. The Morgan fingerprint density at radius 1 is 1.42 bits per heavy atom. The summed E-state index contributed by atoms with van der Waals surface area (Å²) >= 11 is 5.59. The Kier molecular flexibility index (Phi) is 3.29. The van der Waals surface area contributed by atoms with E-state index in [1.807, 2.05) is 0 Å². The lowest BCUT2D eigenvalue weighted by atomic mass is 10.2. The summed E-state index contributed by atoms with van der Waals surface area (Å²) in [5.74, 6) is 0.476. The molecule has 0 unspecified atom stereocenters. The highest BCUT2D eigenvalue weighted by Crippen LogP contribution is 2.07. The van der Waals surface area contributed by atoms with E-state index < -0.39 is 0 Å². The van der Waals surface area contributed by atoms with Crippen LogP contribution >= 0.6 is 11.6 Å². The molecule has 66 valence electrons. The fourth-order valence-corrected chi connectivity index (χ4v) is 0.714. The maximum atomic E-state index is 5.59. The summed E-state index contributed by atoms with van der Waals surface area (Å²) in [7, 11) is 0. The van der Waals surface area contributed by atoms with Gasteiger partial charge in [0.1, 0.15) is 0 Å². The van der Waals surface area contributed by atoms with E-state index in [-0.39, 0.29) is 0 Å². The fraction of sp³-hybridized carbons (Fsp3) is 0.500. The van der Waals surface area contributed by atoms with Crippen LogP contribution in [-0.2, 0) is 0 Å². The lowest BCUT2D eigenvalue weighted by molar-refractivity contribution is 0.251. The van der Waals surface area contributed by atoms with Crippen molar-refractivity contribution in [3.63, 3.8) is 0 Å². The monoisotopic (exact) mass is 186 g/mol. The molecule has 3 nitrogen and oxygen atoms in total. The van der Waals surface area contributed by atoms with Crippen LogP contribution in [0.15, 0.2) is 12.4 Å². The van der Waals surface area contributed by atoms with Gasteiger partial charge in [-0.15, -0.1) is 0 Å². The van der Waals surface area contributed by atoms with Gasteiger partial charge in [-0.1, -0.05) is 25.4 Å². The molecule has 12 heavy (non-hydrogen) atoms. The summed E-state index contributed by atoms with van der Waals surface area (Å²) < 4.78 is 5.24. The predicted octanol–water partition coefficient (Wildman–Crippen LogP) is 2.16. The molecule has 0 N–H and O–H groups in total. The van der Waals surface area contributed by atoms with Crippen LogP contribution in [0.1, 0.15) is 13.8 Å². The highest BCUT2D eigenvalue weighted by atomic mass is 35.5. The molecule has 1 heterocycles. The molecule has 1 aromatic heterocycles. The zero-order valence-corrected chi connectivity index (χ0v) is 7.88. The Bertz CT molecular complexity index is 235. The second-order valence-corrected chi connectivity index (χ2v) is 3.33. The van der Waals surface area contributed by atoms with Crippen LogP contribution in [-0.4, -0.2) is 16.6 Å². The van der Waals surface area contributed by atoms with E-state index in [4.69, 9.17) is 16.3 Å². The Morgan fingerprint density at radius 3 is 2.50 bits per heavy atom. The molecule has 0 amide bonds. The van der Waals surface area contributed by atoms with Crippen LogP contribution < -0.4 is 4.74 Å². The summed E-state index contributed by atoms with van der Waals surface area (Å²) in [4.78, 5) is 7.77. The highest BCUT2D eigenvalue weighted by molar-refractivity contribution is 6.30. The van der Waals surface area contributed by atoms with Gasteiger partial charge < -0.3 is 4.74 Å². The standard InChI is InChI=1S/C8H11ClN2O/c1-6(2)5-12-8-10-3-7(9)4-11-8/h3-4,6H,5H2,1-2H3. The van der Waals surface area contributed by atoms with E-state index in [9.17, 15) is 0 Å². The van der Waals surface area contributed by atoms with E-state index >= 15 is 0 Å². The van der Waals surface area contributed by atoms with E-state index in [2.05, 4.69) is 23.8 Å². The van der Waals surface area contributed by atoms with Crippen molar-refractivity contribution in [2.24, 2.45) is 5.92 Å². The number of ether oxygens (including phenoxy) is 1. The third kappa shape index (κ3) is 3.05. The third-order valence-electron chi connectivity index (χ3n) is 1.14. The molecule has 0 radical (unpaired) electrons. The summed E-state index contributed by atoms with van der Waals surface area (Å²) in [5.41, 5.74) is 0. The molecule has 0 bridgehead atoms. The smallest absolute Gasteiger partial charge is 0.316 e. The summed E-state index contributed by atoms with van der Waals surface area (Å²) in [5, 5.41) is 0.520. The maximum absolute atomic E-state index is 5.59. The normalized spacial score (nSPS) is 10.3. The zero-order chi connectivity index (χ0) is 8.97. The van der Waals surface area contributed by atoms with E-state index in [1.165, 1.54) is 12.4 Å². The molecule has 0 aliphatic heterocycles. The Morgan fingerprint density at radius 2 is 2.00 bits per heavy atom. The van der Waals surface area contributed by atoms with Gasteiger partial charge in [0, 0.05) is 0 Å². The SMILES string of the molecule is CC(C)COc1ncc(Cl)cn1.